The number of hydrogen-bond acceptors (Lipinski definition) is 2. The van der Waals surface area contributed by atoms with Crippen LogP contribution < -0.4 is 10.1 Å². The molecule has 1 saturated carbocycles. The average Bonchev–Trinajstić information content (AvgIpc) is 3.07. The molecule has 2 rings (SSSR count). The summed E-state index contributed by atoms with van der Waals surface area (Å²) in [6, 6.07) is 7.74. The van der Waals surface area contributed by atoms with E-state index in [0.29, 0.717) is 0 Å². The van der Waals surface area contributed by atoms with E-state index in [2.05, 4.69) is 12.2 Å². The van der Waals surface area contributed by atoms with Gasteiger partial charge in [0.25, 0.3) is 0 Å². The van der Waals surface area contributed by atoms with Crippen LogP contribution in [0.25, 0.3) is 0 Å². The molecule has 122 valence electrons. The summed E-state index contributed by atoms with van der Waals surface area (Å²) in [6.45, 7) is 3.00. The number of anilines is 1. The molecule has 0 bridgehead atoms. The second kappa shape index (κ2) is 9.50. The van der Waals surface area contributed by atoms with Gasteiger partial charge in [-0.3, -0.25) is 4.79 Å². The van der Waals surface area contributed by atoms with E-state index in [9.17, 15) is 4.79 Å². The van der Waals surface area contributed by atoms with E-state index in [1.807, 2.05) is 24.3 Å². The fraction of sp³-hybridized carbons (Fsp3) is 0.632. The molecule has 1 aromatic carbocycles. The van der Waals surface area contributed by atoms with Gasteiger partial charge >= 0.3 is 0 Å². The number of amides is 1. The van der Waals surface area contributed by atoms with Gasteiger partial charge in [0.1, 0.15) is 5.75 Å². The molecule has 1 fully saturated rings. The summed E-state index contributed by atoms with van der Waals surface area (Å²) in [4.78, 5) is 12.1. The second-order valence-electron chi connectivity index (χ2n) is 6.26. The summed E-state index contributed by atoms with van der Waals surface area (Å²) in [5.74, 6) is 1.26. The SMILES string of the molecule is CCCCCCCOc1ccc(NC(=O)C2CCCC2)cc1. The molecule has 0 saturated heterocycles. The molecule has 0 atom stereocenters. The van der Waals surface area contributed by atoms with Gasteiger partial charge in [-0.05, 0) is 43.5 Å². The molecule has 1 aromatic rings. The minimum Gasteiger partial charge on any atom is -0.494 e. The smallest absolute Gasteiger partial charge is 0.227 e. The lowest BCUT2D eigenvalue weighted by atomic mass is 10.1. The molecule has 0 spiro atoms. The highest BCUT2D eigenvalue weighted by Crippen LogP contribution is 2.26. The van der Waals surface area contributed by atoms with Crippen LogP contribution in [0, 0.1) is 5.92 Å². The number of hydrogen-bond donors (Lipinski definition) is 1. The van der Waals surface area contributed by atoms with Crippen molar-refractivity contribution in [3.8, 4) is 5.75 Å². The fourth-order valence-electron chi connectivity index (χ4n) is 2.96. The molecule has 1 aliphatic rings. The van der Waals surface area contributed by atoms with E-state index in [1.54, 1.807) is 0 Å². The Kier molecular flexibility index (Phi) is 7.27. The molecule has 3 heteroatoms. The van der Waals surface area contributed by atoms with E-state index >= 15 is 0 Å². The molecule has 0 aliphatic heterocycles. The lowest BCUT2D eigenvalue weighted by molar-refractivity contribution is -0.119. The van der Waals surface area contributed by atoms with Crippen LogP contribution in [-0.4, -0.2) is 12.5 Å². The van der Waals surface area contributed by atoms with E-state index in [1.165, 1.54) is 38.5 Å². The molecule has 1 N–H and O–H groups in total. The first kappa shape index (κ1) is 16.9. The summed E-state index contributed by atoms with van der Waals surface area (Å²) in [5.41, 5.74) is 0.868. The lowest BCUT2D eigenvalue weighted by Gasteiger charge is -2.11. The quantitative estimate of drug-likeness (QED) is 0.639. The Hall–Kier alpha value is -1.51. The van der Waals surface area contributed by atoms with Crippen molar-refractivity contribution in [1.29, 1.82) is 0 Å². The van der Waals surface area contributed by atoms with E-state index in [-0.39, 0.29) is 11.8 Å². The molecular formula is C19H29NO2. The van der Waals surface area contributed by atoms with Crippen molar-refractivity contribution in [2.45, 2.75) is 64.7 Å². The Labute approximate surface area is 134 Å². The molecular weight excluding hydrogens is 274 g/mol. The third-order valence-corrected chi connectivity index (χ3v) is 4.36. The van der Waals surface area contributed by atoms with Crippen molar-refractivity contribution >= 4 is 11.6 Å². The highest BCUT2D eigenvalue weighted by atomic mass is 16.5. The zero-order chi connectivity index (χ0) is 15.6. The summed E-state index contributed by atoms with van der Waals surface area (Å²) in [6.07, 6.45) is 10.7. The number of unbranched alkanes of at least 4 members (excludes halogenated alkanes) is 4. The maximum absolute atomic E-state index is 12.1. The minimum atomic E-state index is 0.169. The van der Waals surface area contributed by atoms with Gasteiger partial charge in [0.2, 0.25) is 5.91 Å². The first-order valence-corrected chi connectivity index (χ1v) is 8.83. The number of rotatable bonds is 9. The van der Waals surface area contributed by atoms with Crippen LogP contribution in [0.4, 0.5) is 5.69 Å². The van der Waals surface area contributed by atoms with Crippen LogP contribution in [0.15, 0.2) is 24.3 Å². The van der Waals surface area contributed by atoms with Crippen LogP contribution in [-0.2, 0) is 4.79 Å². The van der Waals surface area contributed by atoms with Crippen molar-refractivity contribution in [3.63, 3.8) is 0 Å². The van der Waals surface area contributed by atoms with Crippen LogP contribution in [0.5, 0.6) is 5.75 Å². The number of carbonyl (C=O) groups excluding carboxylic acids is 1. The summed E-state index contributed by atoms with van der Waals surface area (Å²) >= 11 is 0. The van der Waals surface area contributed by atoms with Gasteiger partial charge in [-0.1, -0.05) is 45.4 Å². The average molecular weight is 303 g/mol. The highest BCUT2D eigenvalue weighted by Gasteiger charge is 2.22. The Morgan fingerprint density at radius 2 is 1.77 bits per heavy atom. The van der Waals surface area contributed by atoms with Gasteiger partial charge in [-0.2, -0.15) is 0 Å². The van der Waals surface area contributed by atoms with Crippen molar-refractivity contribution in [1.82, 2.24) is 0 Å². The highest BCUT2D eigenvalue weighted by molar-refractivity contribution is 5.92. The van der Waals surface area contributed by atoms with E-state index < -0.39 is 0 Å². The minimum absolute atomic E-state index is 0.169. The van der Waals surface area contributed by atoms with Crippen LogP contribution in [0.2, 0.25) is 0 Å². The third-order valence-electron chi connectivity index (χ3n) is 4.36. The molecule has 0 unspecified atom stereocenters. The maximum Gasteiger partial charge on any atom is 0.227 e. The Morgan fingerprint density at radius 3 is 2.45 bits per heavy atom. The van der Waals surface area contributed by atoms with Gasteiger partial charge < -0.3 is 10.1 Å². The van der Waals surface area contributed by atoms with Crippen LogP contribution in [0.1, 0.15) is 64.7 Å². The summed E-state index contributed by atoms with van der Waals surface area (Å²) < 4.78 is 5.73. The molecule has 0 aromatic heterocycles. The monoisotopic (exact) mass is 303 g/mol. The maximum atomic E-state index is 12.1. The zero-order valence-corrected chi connectivity index (χ0v) is 13.8. The molecule has 1 amide bonds. The summed E-state index contributed by atoms with van der Waals surface area (Å²) in [5, 5.41) is 3.01. The largest absolute Gasteiger partial charge is 0.494 e. The fourth-order valence-corrected chi connectivity index (χ4v) is 2.96. The number of carbonyl (C=O) groups is 1. The summed E-state index contributed by atoms with van der Waals surface area (Å²) in [7, 11) is 0. The molecule has 3 nitrogen and oxygen atoms in total. The van der Waals surface area contributed by atoms with Gasteiger partial charge in [0.15, 0.2) is 0 Å². The Morgan fingerprint density at radius 1 is 1.09 bits per heavy atom. The predicted octanol–water partition coefficient (Wildman–Crippen LogP) is 5.16. The third kappa shape index (κ3) is 5.70. The predicted molar refractivity (Wildman–Crippen MR) is 91.3 cm³/mol. The van der Waals surface area contributed by atoms with E-state index in [4.69, 9.17) is 4.74 Å². The van der Waals surface area contributed by atoms with E-state index in [0.717, 1.165) is 37.3 Å². The van der Waals surface area contributed by atoms with Crippen molar-refractivity contribution in [3.05, 3.63) is 24.3 Å². The first-order valence-electron chi connectivity index (χ1n) is 8.83. The molecule has 22 heavy (non-hydrogen) atoms. The van der Waals surface area contributed by atoms with Crippen molar-refractivity contribution < 1.29 is 9.53 Å². The Bertz CT molecular complexity index is 435. The number of ether oxygens (including phenoxy) is 1. The zero-order valence-electron chi connectivity index (χ0n) is 13.8. The lowest BCUT2D eigenvalue weighted by Crippen LogP contribution is -2.20. The van der Waals surface area contributed by atoms with Gasteiger partial charge in [0.05, 0.1) is 6.61 Å². The van der Waals surface area contributed by atoms with Gasteiger partial charge in [-0.15, -0.1) is 0 Å². The normalized spacial score (nSPS) is 15.0. The molecule has 0 radical (unpaired) electrons. The van der Waals surface area contributed by atoms with Gasteiger partial charge in [0, 0.05) is 11.6 Å². The topological polar surface area (TPSA) is 38.3 Å². The Balaban J connectivity index is 1.67. The van der Waals surface area contributed by atoms with Crippen LogP contribution in [0.3, 0.4) is 0 Å². The number of benzene rings is 1. The standard InChI is InChI=1S/C19H29NO2/c1-2-3-4-5-8-15-22-18-13-11-17(12-14-18)20-19(21)16-9-6-7-10-16/h11-14,16H,2-10,15H2,1H3,(H,20,21). The number of nitrogens with one attached hydrogen (secondary N) is 1. The van der Waals surface area contributed by atoms with Crippen LogP contribution >= 0.6 is 0 Å². The second-order valence-corrected chi connectivity index (χ2v) is 6.26. The van der Waals surface area contributed by atoms with Crippen molar-refractivity contribution in [2.75, 3.05) is 11.9 Å². The molecule has 0 heterocycles. The van der Waals surface area contributed by atoms with Crippen molar-refractivity contribution in [2.24, 2.45) is 5.92 Å². The molecule has 1 aliphatic carbocycles. The van der Waals surface area contributed by atoms with Gasteiger partial charge in [-0.25, -0.2) is 0 Å². The first-order chi connectivity index (χ1) is 10.8.